The molecule has 144 valence electrons. The van der Waals surface area contributed by atoms with E-state index in [4.69, 9.17) is 4.42 Å². The molecular formula is C23H20N4O2. The Hall–Kier alpha value is -3.80. The molecule has 2 aromatic heterocycles. The fraction of sp³-hybridized carbons (Fsp3) is 0.130. The summed E-state index contributed by atoms with van der Waals surface area (Å²) in [5.41, 5.74) is 5.48. The third-order valence-corrected chi connectivity index (χ3v) is 4.62. The lowest BCUT2D eigenvalue weighted by atomic mass is 9.97. The second kappa shape index (κ2) is 8.06. The molecule has 0 unspecified atom stereocenters. The minimum absolute atomic E-state index is 0.131. The van der Waals surface area contributed by atoms with E-state index < -0.39 is 0 Å². The van der Waals surface area contributed by atoms with Gasteiger partial charge in [0.2, 0.25) is 11.8 Å². The Balaban J connectivity index is 1.52. The van der Waals surface area contributed by atoms with E-state index in [2.05, 4.69) is 20.5 Å². The largest absolute Gasteiger partial charge is 0.421 e. The number of amides is 1. The Bertz CT molecular complexity index is 1140. The SMILES string of the molecule is Cc1nnc(-c2ccc(C)c(-c3ccc(C(=O)NCc4ccccn4)cc3)c2)o1. The van der Waals surface area contributed by atoms with Crippen molar-refractivity contribution in [1.29, 1.82) is 0 Å². The summed E-state index contributed by atoms with van der Waals surface area (Å²) in [7, 11) is 0. The first-order valence-electron chi connectivity index (χ1n) is 9.30. The van der Waals surface area contributed by atoms with E-state index in [1.165, 1.54) is 0 Å². The van der Waals surface area contributed by atoms with Gasteiger partial charge in [0.25, 0.3) is 5.91 Å². The van der Waals surface area contributed by atoms with Crippen molar-refractivity contribution in [3.8, 4) is 22.6 Å². The molecular weight excluding hydrogens is 364 g/mol. The van der Waals surface area contributed by atoms with Crippen LogP contribution in [0, 0.1) is 13.8 Å². The number of aryl methyl sites for hydroxylation is 2. The number of pyridine rings is 1. The lowest BCUT2D eigenvalue weighted by Gasteiger charge is -2.09. The third kappa shape index (κ3) is 4.21. The second-order valence-corrected chi connectivity index (χ2v) is 6.74. The van der Waals surface area contributed by atoms with Gasteiger partial charge in [-0.3, -0.25) is 9.78 Å². The molecule has 0 spiro atoms. The van der Waals surface area contributed by atoms with Crippen LogP contribution < -0.4 is 5.32 Å². The standard InChI is InChI=1S/C23H20N4O2/c1-15-6-7-19(23-27-26-16(2)29-23)13-21(15)17-8-10-18(11-9-17)22(28)25-14-20-5-3-4-12-24-20/h3-13H,14H2,1-2H3,(H,25,28). The van der Waals surface area contributed by atoms with Crippen LogP contribution in [0.3, 0.4) is 0 Å². The molecule has 2 aromatic carbocycles. The molecule has 0 radical (unpaired) electrons. The van der Waals surface area contributed by atoms with E-state index in [9.17, 15) is 4.79 Å². The second-order valence-electron chi connectivity index (χ2n) is 6.74. The van der Waals surface area contributed by atoms with Crippen LogP contribution in [0.25, 0.3) is 22.6 Å². The van der Waals surface area contributed by atoms with Crippen molar-refractivity contribution in [1.82, 2.24) is 20.5 Å². The van der Waals surface area contributed by atoms with Crippen LogP contribution in [-0.2, 0) is 6.54 Å². The van der Waals surface area contributed by atoms with Gasteiger partial charge in [-0.1, -0.05) is 24.3 Å². The molecule has 0 fully saturated rings. The molecule has 0 bridgehead atoms. The summed E-state index contributed by atoms with van der Waals surface area (Å²) < 4.78 is 5.53. The van der Waals surface area contributed by atoms with Crippen LogP contribution in [0.4, 0.5) is 0 Å². The monoisotopic (exact) mass is 384 g/mol. The van der Waals surface area contributed by atoms with Crippen LogP contribution in [0.5, 0.6) is 0 Å². The summed E-state index contributed by atoms with van der Waals surface area (Å²) in [5.74, 6) is 0.895. The summed E-state index contributed by atoms with van der Waals surface area (Å²) in [4.78, 5) is 16.6. The van der Waals surface area contributed by atoms with Crippen LogP contribution >= 0.6 is 0 Å². The zero-order chi connectivity index (χ0) is 20.2. The molecule has 0 saturated heterocycles. The number of hydrogen-bond acceptors (Lipinski definition) is 5. The summed E-state index contributed by atoms with van der Waals surface area (Å²) in [6, 6.07) is 19.2. The van der Waals surface area contributed by atoms with Gasteiger partial charge in [0.1, 0.15) is 0 Å². The van der Waals surface area contributed by atoms with E-state index in [0.29, 0.717) is 23.9 Å². The van der Waals surface area contributed by atoms with Gasteiger partial charge < -0.3 is 9.73 Å². The average molecular weight is 384 g/mol. The highest BCUT2D eigenvalue weighted by Gasteiger charge is 2.11. The highest BCUT2D eigenvalue weighted by Crippen LogP contribution is 2.29. The fourth-order valence-corrected chi connectivity index (χ4v) is 3.06. The topological polar surface area (TPSA) is 80.9 Å². The highest BCUT2D eigenvalue weighted by atomic mass is 16.4. The number of nitrogens with zero attached hydrogens (tertiary/aromatic N) is 3. The summed E-state index contributed by atoms with van der Waals surface area (Å²) >= 11 is 0. The highest BCUT2D eigenvalue weighted by molar-refractivity contribution is 5.94. The molecule has 6 nitrogen and oxygen atoms in total. The maximum Gasteiger partial charge on any atom is 0.251 e. The third-order valence-electron chi connectivity index (χ3n) is 4.62. The maximum absolute atomic E-state index is 12.4. The van der Waals surface area contributed by atoms with Gasteiger partial charge in [0.15, 0.2) is 0 Å². The molecule has 0 aliphatic rings. The normalized spacial score (nSPS) is 10.7. The van der Waals surface area contributed by atoms with Gasteiger partial charge in [-0.05, 0) is 60.0 Å². The van der Waals surface area contributed by atoms with E-state index >= 15 is 0 Å². The number of aromatic nitrogens is 3. The molecule has 6 heteroatoms. The Kier molecular flexibility index (Phi) is 5.16. The molecule has 1 amide bonds. The van der Waals surface area contributed by atoms with Crippen molar-refractivity contribution >= 4 is 5.91 Å². The first-order chi connectivity index (χ1) is 14.1. The zero-order valence-electron chi connectivity index (χ0n) is 16.2. The van der Waals surface area contributed by atoms with Crippen molar-refractivity contribution in [2.45, 2.75) is 20.4 Å². The molecule has 29 heavy (non-hydrogen) atoms. The predicted molar refractivity (Wildman–Crippen MR) is 110 cm³/mol. The molecule has 1 N–H and O–H groups in total. The van der Waals surface area contributed by atoms with Crippen molar-refractivity contribution in [2.24, 2.45) is 0 Å². The quantitative estimate of drug-likeness (QED) is 0.553. The predicted octanol–water partition coefficient (Wildman–Crippen LogP) is 4.35. The number of nitrogens with one attached hydrogen (secondary N) is 1. The van der Waals surface area contributed by atoms with E-state index in [-0.39, 0.29) is 5.91 Å². The van der Waals surface area contributed by atoms with Gasteiger partial charge in [0, 0.05) is 24.2 Å². The molecule has 0 aliphatic carbocycles. The average Bonchev–Trinajstić information content (AvgIpc) is 3.19. The first kappa shape index (κ1) is 18.6. The van der Waals surface area contributed by atoms with E-state index in [0.717, 1.165) is 27.9 Å². The van der Waals surface area contributed by atoms with Crippen molar-refractivity contribution < 1.29 is 9.21 Å². The fourth-order valence-electron chi connectivity index (χ4n) is 3.06. The Morgan fingerprint density at radius 3 is 2.45 bits per heavy atom. The zero-order valence-corrected chi connectivity index (χ0v) is 16.2. The lowest BCUT2D eigenvalue weighted by Crippen LogP contribution is -2.23. The number of carbonyl (C=O) groups is 1. The minimum Gasteiger partial charge on any atom is -0.421 e. The van der Waals surface area contributed by atoms with Crippen molar-refractivity contribution in [2.75, 3.05) is 0 Å². The van der Waals surface area contributed by atoms with E-state index in [1.54, 1.807) is 13.1 Å². The first-order valence-corrected chi connectivity index (χ1v) is 9.30. The van der Waals surface area contributed by atoms with Crippen LogP contribution in [0.2, 0.25) is 0 Å². The van der Waals surface area contributed by atoms with Gasteiger partial charge in [-0.2, -0.15) is 0 Å². The minimum atomic E-state index is -0.131. The lowest BCUT2D eigenvalue weighted by molar-refractivity contribution is 0.0950. The van der Waals surface area contributed by atoms with Gasteiger partial charge in [0.05, 0.1) is 12.2 Å². The van der Waals surface area contributed by atoms with Gasteiger partial charge in [-0.15, -0.1) is 10.2 Å². The van der Waals surface area contributed by atoms with Crippen LogP contribution in [0.1, 0.15) is 27.5 Å². The van der Waals surface area contributed by atoms with Crippen LogP contribution in [0.15, 0.2) is 71.3 Å². The molecule has 2 heterocycles. The Labute approximate surface area is 168 Å². The number of rotatable bonds is 5. The molecule has 4 rings (SSSR count). The molecule has 0 saturated carbocycles. The molecule has 4 aromatic rings. The number of benzene rings is 2. The summed E-state index contributed by atoms with van der Waals surface area (Å²) in [6.07, 6.45) is 1.71. The maximum atomic E-state index is 12.4. The van der Waals surface area contributed by atoms with Gasteiger partial charge in [-0.25, -0.2) is 0 Å². The van der Waals surface area contributed by atoms with E-state index in [1.807, 2.05) is 67.6 Å². The molecule has 0 aliphatic heterocycles. The molecule has 0 atom stereocenters. The number of hydrogen-bond donors (Lipinski definition) is 1. The summed E-state index contributed by atoms with van der Waals surface area (Å²) in [6.45, 7) is 4.21. The summed E-state index contributed by atoms with van der Waals surface area (Å²) in [5, 5.41) is 10.9. The van der Waals surface area contributed by atoms with Crippen molar-refractivity contribution in [3.63, 3.8) is 0 Å². The number of carbonyl (C=O) groups excluding carboxylic acids is 1. The Morgan fingerprint density at radius 1 is 0.966 bits per heavy atom. The van der Waals surface area contributed by atoms with Crippen LogP contribution in [-0.4, -0.2) is 21.1 Å². The smallest absolute Gasteiger partial charge is 0.251 e. The van der Waals surface area contributed by atoms with Gasteiger partial charge >= 0.3 is 0 Å². The van der Waals surface area contributed by atoms with Crippen molar-refractivity contribution in [3.05, 3.63) is 89.6 Å². The Morgan fingerprint density at radius 2 is 1.76 bits per heavy atom.